The van der Waals surface area contributed by atoms with Crippen LogP contribution in [0.3, 0.4) is 0 Å². The molecule has 1 aromatic carbocycles. The molecule has 7 heteroatoms. The molecule has 1 amide bonds. The van der Waals surface area contributed by atoms with Gasteiger partial charge in [0.2, 0.25) is 5.92 Å². The number of amides is 1. The van der Waals surface area contributed by atoms with E-state index in [1.54, 1.807) is 6.07 Å². The monoisotopic (exact) mass is 407 g/mol. The number of hydrogen-bond donors (Lipinski definition) is 1. The quantitative estimate of drug-likeness (QED) is 0.771. The number of aromatic nitrogens is 1. The Labute approximate surface area is 168 Å². The smallest absolute Gasteiger partial charge is 0.253 e. The van der Waals surface area contributed by atoms with Crippen LogP contribution in [0, 0.1) is 5.92 Å². The van der Waals surface area contributed by atoms with Gasteiger partial charge in [0.1, 0.15) is 5.82 Å². The Kier molecular flexibility index (Phi) is 5.41. The summed E-state index contributed by atoms with van der Waals surface area (Å²) in [6.07, 6.45) is 2.98. The number of carbonyl (C=O) groups is 1. The van der Waals surface area contributed by atoms with Crippen molar-refractivity contribution in [2.45, 2.75) is 44.4 Å². The first-order chi connectivity index (χ1) is 13.4. The van der Waals surface area contributed by atoms with Gasteiger partial charge < -0.3 is 10.2 Å². The van der Waals surface area contributed by atoms with E-state index in [0.717, 1.165) is 24.4 Å². The molecule has 2 fully saturated rings. The zero-order valence-corrected chi connectivity index (χ0v) is 16.4. The summed E-state index contributed by atoms with van der Waals surface area (Å²) in [4.78, 5) is 19.8. The number of nitrogens with one attached hydrogen (secondary N) is 1. The van der Waals surface area contributed by atoms with Gasteiger partial charge in [0, 0.05) is 37.9 Å². The van der Waals surface area contributed by atoms with E-state index in [1.807, 2.05) is 18.2 Å². The molecule has 0 atom stereocenters. The Hall–Kier alpha value is -1.95. The SMILES string of the molecule is O=C(NCC1CCC(F)(F)CC1)c1c(Cl)ccc2nc(N3CCCC3)ccc12. The van der Waals surface area contributed by atoms with Crippen molar-refractivity contribution >= 4 is 34.2 Å². The van der Waals surface area contributed by atoms with Gasteiger partial charge in [-0.3, -0.25) is 4.79 Å². The molecule has 0 unspecified atom stereocenters. The second-order valence-electron chi connectivity index (χ2n) is 7.86. The highest BCUT2D eigenvalue weighted by molar-refractivity contribution is 6.35. The number of rotatable bonds is 4. The lowest BCUT2D eigenvalue weighted by Gasteiger charge is -2.28. The van der Waals surface area contributed by atoms with Crippen molar-refractivity contribution in [2.24, 2.45) is 5.92 Å². The third-order valence-electron chi connectivity index (χ3n) is 5.85. The molecule has 150 valence electrons. The fourth-order valence-electron chi connectivity index (χ4n) is 4.15. The zero-order valence-electron chi connectivity index (χ0n) is 15.7. The third-order valence-corrected chi connectivity index (χ3v) is 6.17. The first kappa shape index (κ1) is 19.4. The van der Waals surface area contributed by atoms with Gasteiger partial charge in [0.25, 0.3) is 5.91 Å². The van der Waals surface area contributed by atoms with Gasteiger partial charge >= 0.3 is 0 Å². The van der Waals surface area contributed by atoms with E-state index in [1.165, 1.54) is 12.8 Å². The van der Waals surface area contributed by atoms with Crippen LogP contribution < -0.4 is 10.2 Å². The average molecular weight is 408 g/mol. The van der Waals surface area contributed by atoms with Gasteiger partial charge in [-0.25, -0.2) is 13.8 Å². The van der Waals surface area contributed by atoms with Gasteiger partial charge in [0.05, 0.1) is 16.1 Å². The van der Waals surface area contributed by atoms with Crippen molar-refractivity contribution in [3.8, 4) is 0 Å². The highest BCUT2D eigenvalue weighted by Gasteiger charge is 2.35. The predicted octanol–water partition coefficient (Wildman–Crippen LogP) is 5.04. The second-order valence-corrected chi connectivity index (χ2v) is 8.27. The standard InChI is InChI=1S/C21H24ClF2N3O/c22-16-4-5-17-15(3-6-18(26-17)27-11-1-2-12-27)19(16)20(28)25-13-14-7-9-21(23,24)10-8-14/h3-6,14H,1-2,7-13H2,(H,25,28). The van der Waals surface area contributed by atoms with Crippen molar-refractivity contribution < 1.29 is 13.6 Å². The molecule has 2 aliphatic rings. The molecule has 4 nitrogen and oxygen atoms in total. The number of hydrogen-bond acceptors (Lipinski definition) is 3. The Morgan fingerprint density at radius 2 is 1.89 bits per heavy atom. The summed E-state index contributed by atoms with van der Waals surface area (Å²) in [7, 11) is 0. The van der Waals surface area contributed by atoms with Crippen molar-refractivity contribution in [1.29, 1.82) is 0 Å². The molecular weight excluding hydrogens is 384 g/mol. The molecule has 1 saturated heterocycles. The Balaban J connectivity index is 1.50. The van der Waals surface area contributed by atoms with Gasteiger partial charge in [-0.1, -0.05) is 11.6 Å². The lowest BCUT2D eigenvalue weighted by atomic mass is 9.87. The number of carbonyl (C=O) groups excluding carboxylic acids is 1. The van der Waals surface area contributed by atoms with E-state index in [9.17, 15) is 13.6 Å². The van der Waals surface area contributed by atoms with Crippen LogP contribution in [0.1, 0.15) is 48.9 Å². The van der Waals surface area contributed by atoms with E-state index in [-0.39, 0.29) is 24.7 Å². The number of nitrogens with zero attached hydrogens (tertiary/aromatic N) is 2. The van der Waals surface area contributed by atoms with E-state index < -0.39 is 5.92 Å². The second kappa shape index (κ2) is 7.82. The summed E-state index contributed by atoms with van der Waals surface area (Å²) in [6, 6.07) is 7.36. The van der Waals surface area contributed by atoms with Gasteiger partial charge in [-0.2, -0.15) is 0 Å². The lowest BCUT2D eigenvalue weighted by molar-refractivity contribution is -0.0452. The topological polar surface area (TPSA) is 45.2 Å². The summed E-state index contributed by atoms with van der Waals surface area (Å²) in [5.41, 5.74) is 1.14. The number of halogens is 3. The number of pyridine rings is 1. The summed E-state index contributed by atoms with van der Waals surface area (Å²) in [6.45, 7) is 2.39. The van der Waals surface area contributed by atoms with Gasteiger partial charge in [-0.05, 0) is 55.9 Å². The molecule has 0 bridgehead atoms. The van der Waals surface area contributed by atoms with E-state index in [0.29, 0.717) is 35.4 Å². The van der Waals surface area contributed by atoms with Gasteiger partial charge in [0.15, 0.2) is 0 Å². The maximum absolute atomic E-state index is 13.3. The van der Waals surface area contributed by atoms with E-state index >= 15 is 0 Å². The summed E-state index contributed by atoms with van der Waals surface area (Å²) >= 11 is 6.33. The molecule has 0 spiro atoms. The fourth-order valence-corrected chi connectivity index (χ4v) is 4.40. The minimum absolute atomic E-state index is 0.0808. The van der Waals surface area contributed by atoms with Crippen LogP contribution in [0.5, 0.6) is 0 Å². The highest BCUT2D eigenvalue weighted by Crippen LogP contribution is 2.36. The first-order valence-electron chi connectivity index (χ1n) is 9.93. The van der Waals surface area contributed by atoms with Crippen molar-refractivity contribution in [3.05, 3.63) is 34.9 Å². The number of fused-ring (bicyclic) bond motifs is 1. The third kappa shape index (κ3) is 4.07. The summed E-state index contributed by atoms with van der Waals surface area (Å²) < 4.78 is 26.6. The molecule has 1 aromatic heterocycles. The lowest BCUT2D eigenvalue weighted by Crippen LogP contribution is -2.34. The molecular formula is C21H24ClF2N3O. The molecule has 1 N–H and O–H groups in total. The largest absolute Gasteiger partial charge is 0.357 e. The van der Waals surface area contributed by atoms with Crippen LogP contribution in [0.2, 0.25) is 5.02 Å². The first-order valence-corrected chi connectivity index (χ1v) is 10.3. The van der Waals surface area contributed by atoms with Crippen LogP contribution in [-0.4, -0.2) is 36.4 Å². The number of benzene rings is 1. The molecule has 2 aromatic rings. The minimum atomic E-state index is -2.56. The van der Waals surface area contributed by atoms with Crippen LogP contribution in [0.25, 0.3) is 10.9 Å². The van der Waals surface area contributed by atoms with Crippen molar-refractivity contribution in [3.63, 3.8) is 0 Å². The zero-order chi connectivity index (χ0) is 19.7. The maximum Gasteiger partial charge on any atom is 0.253 e. The van der Waals surface area contributed by atoms with Crippen LogP contribution in [0.4, 0.5) is 14.6 Å². The molecule has 0 radical (unpaired) electrons. The molecule has 4 rings (SSSR count). The number of anilines is 1. The van der Waals surface area contributed by atoms with Gasteiger partial charge in [-0.15, -0.1) is 0 Å². The average Bonchev–Trinajstić information content (AvgIpc) is 3.21. The molecule has 2 heterocycles. The van der Waals surface area contributed by atoms with Crippen LogP contribution >= 0.6 is 11.6 Å². The maximum atomic E-state index is 13.3. The van der Waals surface area contributed by atoms with E-state index in [2.05, 4.69) is 10.2 Å². The Morgan fingerprint density at radius 1 is 1.18 bits per heavy atom. The minimum Gasteiger partial charge on any atom is -0.357 e. The summed E-state index contributed by atoms with van der Waals surface area (Å²) in [5.74, 6) is -1.83. The fraction of sp³-hybridized carbons (Fsp3) is 0.524. The normalized spacial score (nSPS) is 19.9. The van der Waals surface area contributed by atoms with Crippen LogP contribution in [-0.2, 0) is 0 Å². The predicted molar refractivity (Wildman–Crippen MR) is 107 cm³/mol. The Morgan fingerprint density at radius 3 is 2.61 bits per heavy atom. The number of alkyl halides is 2. The molecule has 1 saturated carbocycles. The highest BCUT2D eigenvalue weighted by atomic mass is 35.5. The molecule has 28 heavy (non-hydrogen) atoms. The Bertz CT molecular complexity index is 873. The summed E-state index contributed by atoms with van der Waals surface area (Å²) in [5, 5.41) is 3.97. The van der Waals surface area contributed by atoms with Crippen molar-refractivity contribution in [1.82, 2.24) is 10.3 Å². The molecule has 1 aliphatic carbocycles. The van der Waals surface area contributed by atoms with Crippen molar-refractivity contribution in [2.75, 3.05) is 24.5 Å². The molecule has 1 aliphatic heterocycles. The van der Waals surface area contributed by atoms with E-state index in [4.69, 9.17) is 16.6 Å². The van der Waals surface area contributed by atoms with Crippen LogP contribution in [0.15, 0.2) is 24.3 Å².